The van der Waals surface area contributed by atoms with E-state index < -0.39 is 0 Å². The summed E-state index contributed by atoms with van der Waals surface area (Å²) < 4.78 is 26.8. The number of nitrogens with zero attached hydrogens (tertiary/aromatic N) is 2. The van der Waals surface area contributed by atoms with Crippen LogP contribution in [0.3, 0.4) is 0 Å². The van der Waals surface area contributed by atoms with Crippen LogP contribution in [-0.2, 0) is 22.4 Å². The van der Waals surface area contributed by atoms with Crippen molar-refractivity contribution in [1.82, 2.24) is 10.0 Å². The Kier molecular flexibility index (Phi) is 6.76. The van der Waals surface area contributed by atoms with E-state index in [0.29, 0.717) is 48.3 Å². The van der Waals surface area contributed by atoms with Gasteiger partial charge in [0.25, 0.3) is 0 Å². The van der Waals surface area contributed by atoms with Crippen molar-refractivity contribution in [2.24, 2.45) is 0 Å². The lowest BCUT2D eigenvalue weighted by atomic mass is 10.1. The summed E-state index contributed by atoms with van der Waals surface area (Å²) in [7, 11) is 4.66. The van der Waals surface area contributed by atoms with Gasteiger partial charge in [0, 0.05) is 19.5 Å². The molecule has 2 aromatic carbocycles. The number of hydrogen-bond donors (Lipinski definition) is 0. The third-order valence-electron chi connectivity index (χ3n) is 5.75. The van der Waals surface area contributed by atoms with Crippen molar-refractivity contribution in [2.45, 2.75) is 25.7 Å². The van der Waals surface area contributed by atoms with Crippen LogP contribution in [0.4, 0.5) is 0 Å². The Balaban J connectivity index is 1.39. The number of hydrogen-bond acceptors (Lipinski definition) is 7. The van der Waals surface area contributed by atoms with Gasteiger partial charge in [0.15, 0.2) is 23.0 Å². The monoisotopic (exact) mass is 456 g/mol. The van der Waals surface area contributed by atoms with Crippen molar-refractivity contribution in [1.29, 1.82) is 0 Å². The van der Waals surface area contributed by atoms with Gasteiger partial charge in [-0.15, -0.1) is 0 Å². The third-order valence-corrected chi connectivity index (χ3v) is 5.75. The molecule has 176 valence electrons. The van der Waals surface area contributed by atoms with Gasteiger partial charge in [-0.3, -0.25) is 19.6 Å². The van der Waals surface area contributed by atoms with E-state index in [1.54, 1.807) is 37.4 Å². The highest BCUT2D eigenvalue weighted by Gasteiger charge is 2.30. The topological polar surface area (TPSA) is 86.8 Å². The molecule has 0 bridgehead atoms. The number of methoxy groups -OCH3 is 3. The standard InChI is InChI=1S/C24H28N2O7/c1-29-20-12-16(13-21(30-2)24(20)31-3)6-8-22(27)25-9-4-10-26(25)23(28)14-17-5-7-18-19(11-17)33-15-32-18/h5,7,11-13H,4,6,8-10,14-15H2,1-3H3. The summed E-state index contributed by atoms with van der Waals surface area (Å²) in [6.45, 7) is 1.24. The van der Waals surface area contributed by atoms with E-state index in [4.69, 9.17) is 23.7 Å². The van der Waals surface area contributed by atoms with Crippen LogP contribution in [-0.4, -0.2) is 63.0 Å². The lowest BCUT2D eigenvalue weighted by molar-refractivity contribution is -0.157. The van der Waals surface area contributed by atoms with Crippen molar-refractivity contribution in [3.05, 3.63) is 41.5 Å². The van der Waals surface area contributed by atoms with Crippen LogP contribution in [0.25, 0.3) is 0 Å². The number of rotatable bonds is 8. The normalized spacial score (nSPS) is 14.4. The summed E-state index contributed by atoms with van der Waals surface area (Å²) in [6, 6.07) is 9.13. The number of aryl methyl sites for hydroxylation is 1. The number of fused-ring (bicyclic) bond motifs is 1. The maximum Gasteiger partial charge on any atom is 0.245 e. The van der Waals surface area contributed by atoms with E-state index in [2.05, 4.69) is 0 Å². The van der Waals surface area contributed by atoms with Crippen molar-refractivity contribution < 1.29 is 33.3 Å². The van der Waals surface area contributed by atoms with Gasteiger partial charge in [0.2, 0.25) is 24.4 Å². The quantitative estimate of drug-likeness (QED) is 0.603. The summed E-state index contributed by atoms with van der Waals surface area (Å²) in [5.74, 6) is 2.70. The highest BCUT2D eigenvalue weighted by atomic mass is 16.7. The van der Waals surface area contributed by atoms with E-state index in [1.165, 1.54) is 0 Å². The molecule has 0 unspecified atom stereocenters. The number of hydrazine groups is 1. The maximum atomic E-state index is 13.0. The highest BCUT2D eigenvalue weighted by Crippen LogP contribution is 2.38. The van der Waals surface area contributed by atoms with Crippen molar-refractivity contribution in [3.63, 3.8) is 0 Å². The zero-order valence-electron chi connectivity index (χ0n) is 19.1. The van der Waals surface area contributed by atoms with Gasteiger partial charge >= 0.3 is 0 Å². The second-order valence-corrected chi connectivity index (χ2v) is 7.79. The zero-order chi connectivity index (χ0) is 23.4. The second-order valence-electron chi connectivity index (χ2n) is 7.79. The molecule has 0 saturated carbocycles. The Labute approximate surface area is 192 Å². The molecule has 2 amide bonds. The zero-order valence-corrected chi connectivity index (χ0v) is 19.1. The minimum absolute atomic E-state index is 0.0970. The van der Waals surface area contributed by atoms with E-state index in [-0.39, 0.29) is 31.4 Å². The van der Waals surface area contributed by atoms with E-state index >= 15 is 0 Å². The molecular weight excluding hydrogens is 428 g/mol. The molecule has 0 spiro atoms. The van der Waals surface area contributed by atoms with Gasteiger partial charge in [-0.1, -0.05) is 6.07 Å². The van der Waals surface area contributed by atoms with Gasteiger partial charge in [0.05, 0.1) is 27.8 Å². The predicted molar refractivity (Wildman–Crippen MR) is 119 cm³/mol. The maximum absolute atomic E-state index is 13.0. The molecule has 1 saturated heterocycles. The number of ether oxygens (including phenoxy) is 5. The summed E-state index contributed by atoms with van der Waals surface area (Å²) in [4.78, 5) is 25.9. The molecule has 4 rings (SSSR count). The molecule has 33 heavy (non-hydrogen) atoms. The fourth-order valence-corrected chi connectivity index (χ4v) is 4.11. The van der Waals surface area contributed by atoms with Gasteiger partial charge in [-0.2, -0.15) is 0 Å². The van der Waals surface area contributed by atoms with Crippen molar-refractivity contribution in [3.8, 4) is 28.7 Å². The number of benzene rings is 2. The highest BCUT2D eigenvalue weighted by molar-refractivity contribution is 5.84. The number of carbonyl (C=O) groups is 2. The first kappa shape index (κ1) is 22.6. The first-order chi connectivity index (χ1) is 16.0. The smallest absolute Gasteiger partial charge is 0.245 e. The average Bonchev–Trinajstić information content (AvgIpc) is 3.51. The summed E-state index contributed by atoms with van der Waals surface area (Å²) in [5, 5.41) is 3.12. The molecule has 9 heteroatoms. The molecule has 0 aromatic heterocycles. The largest absolute Gasteiger partial charge is 0.493 e. The fraction of sp³-hybridized carbons (Fsp3) is 0.417. The van der Waals surface area contributed by atoms with Crippen molar-refractivity contribution in [2.75, 3.05) is 41.2 Å². The summed E-state index contributed by atoms with van der Waals surface area (Å²) >= 11 is 0. The molecule has 0 aliphatic carbocycles. The molecule has 0 N–H and O–H groups in total. The molecule has 1 fully saturated rings. The Bertz CT molecular complexity index is 1010. The lowest BCUT2D eigenvalue weighted by Gasteiger charge is -2.28. The first-order valence-electron chi connectivity index (χ1n) is 10.8. The van der Waals surface area contributed by atoms with E-state index in [9.17, 15) is 9.59 Å². The molecule has 0 radical (unpaired) electrons. The van der Waals surface area contributed by atoms with Crippen molar-refractivity contribution >= 4 is 11.8 Å². The predicted octanol–water partition coefficient (Wildman–Crippen LogP) is 2.59. The molecular formula is C24H28N2O7. The van der Waals surface area contributed by atoms with Gasteiger partial charge in [-0.05, 0) is 48.2 Å². The minimum atomic E-state index is -0.118. The average molecular weight is 456 g/mol. The fourth-order valence-electron chi connectivity index (χ4n) is 4.11. The van der Waals surface area contributed by atoms with Crippen LogP contribution in [0.2, 0.25) is 0 Å². The number of amides is 2. The Morgan fingerprint density at radius 3 is 2.18 bits per heavy atom. The molecule has 9 nitrogen and oxygen atoms in total. The molecule has 2 aromatic rings. The van der Waals surface area contributed by atoms with Crippen LogP contribution in [0, 0.1) is 0 Å². The van der Waals surface area contributed by atoms with Gasteiger partial charge in [0.1, 0.15) is 0 Å². The SMILES string of the molecule is COc1cc(CCC(=O)N2CCCN2C(=O)Cc2ccc3c(c2)OCO3)cc(OC)c1OC. The van der Waals surface area contributed by atoms with E-state index in [1.807, 2.05) is 24.3 Å². The Morgan fingerprint density at radius 2 is 1.52 bits per heavy atom. The third kappa shape index (κ3) is 4.76. The molecule has 2 heterocycles. The van der Waals surface area contributed by atoms with Crippen LogP contribution >= 0.6 is 0 Å². The van der Waals surface area contributed by atoms with Gasteiger partial charge in [-0.25, -0.2) is 0 Å². The van der Waals surface area contributed by atoms with Crippen LogP contribution in [0.5, 0.6) is 28.7 Å². The van der Waals surface area contributed by atoms with Gasteiger partial charge < -0.3 is 23.7 Å². The van der Waals surface area contributed by atoms with E-state index in [0.717, 1.165) is 17.5 Å². The van der Waals surface area contributed by atoms with Crippen LogP contribution in [0.1, 0.15) is 24.0 Å². The Morgan fingerprint density at radius 1 is 0.848 bits per heavy atom. The number of carbonyl (C=O) groups excluding carboxylic acids is 2. The summed E-state index contributed by atoms with van der Waals surface area (Å²) in [6.07, 6.45) is 1.68. The first-order valence-corrected chi connectivity index (χ1v) is 10.8. The minimum Gasteiger partial charge on any atom is -0.493 e. The molecule has 2 aliphatic heterocycles. The lowest BCUT2D eigenvalue weighted by Crippen LogP contribution is -2.45. The Hall–Kier alpha value is -3.62. The molecule has 2 aliphatic rings. The second kappa shape index (κ2) is 9.89. The summed E-state index contributed by atoms with van der Waals surface area (Å²) in [5.41, 5.74) is 1.70. The van der Waals surface area contributed by atoms with Crippen LogP contribution < -0.4 is 23.7 Å². The molecule has 0 atom stereocenters. The van der Waals surface area contributed by atoms with Crippen LogP contribution in [0.15, 0.2) is 30.3 Å².